The van der Waals surface area contributed by atoms with Crippen LogP contribution in [0.3, 0.4) is 0 Å². The first-order valence-corrected chi connectivity index (χ1v) is 11.6. The normalized spacial score (nSPS) is 11.8. The molecule has 0 aliphatic rings. The number of benzene rings is 2. The molecule has 9 heteroatoms. The zero-order valence-corrected chi connectivity index (χ0v) is 20.3. The average Bonchev–Trinajstić information content (AvgIpc) is 3.16. The zero-order valence-electron chi connectivity index (χ0n) is 19.5. The van der Waals surface area contributed by atoms with E-state index in [9.17, 15) is 9.59 Å². The van der Waals surface area contributed by atoms with Crippen molar-refractivity contribution >= 4 is 29.3 Å². The summed E-state index contributed by atoms with van der Waals surface area (Å²) in [6, 6.07) is 14.3. The van der Waals surface area contributed by atoms with Gasteiger partial charge in [0, 0.05) is 24.4 Å². The van der Waals surface area contributed by atoms with Crippen LogP contribution in [0.5, 0.6) is 5.75 Å². The lowest BCUT2D eigenvalue weighted by Gasteiger charge is -2.21. The summed E-state index contributed by atoms with van der Waals surface area (Å²) in [6.45, 7) is 6.01. The predicted molar refractivity (Wildman–Crippen MR) is 130 cm³/mol. The van der Waals surface area contributed by atoms with Crippen LogP contribution in [0.4, 0.5) is 5.69 Å². The largest absolute Gasteiger partial charge is 0.497 e. The molecule has 1 aromatic heterocycles. The molecule has 2 amide bonds. The van der Waals surface area contributed by atoms with E-state index in [2.05, 4.69) is 20.8 Å². The molecule has 33 heavy (non-hydrogen) atoms. The monoisotopic (exact) mass is 467 g/mol. The summed E-state index contributed by atoms with van der Waals surface area (Å²) < 4.78 is 7.00. The number of methoxy groups -OCH3 is 1. The van der Waals surface area contributed by atoms with Crippen molar-refractivity contribution in [2.75, 3.05) is 18.2 Å². The lowest BCUT2D eigenvalue weighted by Crippen LogP contribution is -2.33. The van der Waals surface area contributed by atoms with Gasteiger partial charge >= 0.3 is 0 Å². The number of hydrogen-bond acceptors (Lipinski definition) is 6. The fourth-order valence-corrected chi connectivity index (χ4v) is 3.93. The van der Waals surface area contributed by atoms with Crippen molar-refractivity contribution in [3.8, 4) is 5.75 Å². The summed E-state index contributed by atoms with van der Waals surface area (Å²) in [5.74, 6) is 1.25. The van der Waals surface area contributed by atoms with Crippen LogP contribution >= 0.6 is 11.8 Å². The van der Waals surface area contributed by atoms with Crippen molar-refractivity contribution in [2.45, 2.75) is 32.0 Å². The van der Waals surface area contributed by atoms with E-state index in [0.29, 0.717) is 28.0 Å². The molecule has 0 aliphatic carbocycles. The van der Waals surface area contributed by atoms with Crippen LogP contribution in [0, 0.1) is 12.8 Å². The number of amides is 2. The number of aryl methyl sites for hydroxylation is 1. The highest BCUT2D eigenvalue weighted by Crippen LogP contribution is 2.25. The van der Waals surface area contributed by atoms with Gasteiger partial charge in [0.1, 0.15) is 5.75 Å². The molecule has 0 unspecified atom stereocenters. The second kappa shape index (κ2) is 11.0. The first kappa shape index (κ1) is 24.3. The summed E-state index contributed by atoms with van der Waals surface area (Å²) in [7, 11) is 3.42. The number of nitrogens with one attached hydrogen (secondary N) is 2. The SMILES string of the molecule is COc1cccc(NC(=O)CSc2nnc([C@H](NC(=O)c3ccc(C)cc3)C(C)C)n2C)c1. The highest BCUT2D eigenvalue weighted by Gasteiger charge is 2.25. The molecule has 0 saturated heterocycles. The maximum absolute atomic E-state index is 12.8. The molecule has 0 fully saturated rings. The highest BCUT2D eigenvalue weighted by atomic mass is 32.2. The molecule has 1 atom stereocenters. The Labute approximate surface area is 198 Å². The zero-order chi connectivity index (χ0) is 24.0. The Morgan fingerprint density at radius 3 is 2.52 bits per heavy atom. The molecule has 0 aliphatic heterocycles. The lowest BCUT2D eigenvalue weighted by atomic mass is 10.0. The summed E-state index contributed by atoms with van der Waals surface area (Å²) in [6.07, 6.45) is 0. The maximum Gasteiger partial charge on any atom is 0.251 e. The summed E-state index contributed by atoms with van der Waals surface area (Å²) in [4.78, 5) is 25.1. The number of rotatable bonds is 9. The second-order valence-corrected chi connectivity index (χ2v) is 8.97. The van der Waals surface area contributed by atoms with E-state index in [1.165, 1.54) is 11.8 Å². The first-order chi connectivity index (χ1) is 15.8. The fraction of sp³-hybridized carbons (Fsp3) is 0.333. The molecule has 3 aromatic rings. The van der Waals surface area contributed by atoms with Gasteiger partial charge < -0.3 is 19.9 Å². The van der Waals surface area contributed by atoms with E-state index in [4.69, 9.17) is 4.74 Å². The van der Waals surface area contributed by atoms with Crippen molar-refractivity contribution in [3.63, 3.8) is 0 Å². The van der Waals surface area contributed by atoms with E-state index >= 15 is 0 Å². The summed E-state index contributed by atoms with van der Waals surface area (Å²) in [5.41, 5.74) is 2.35. The van der Waals surface area contributed by atoms with Crippen molar-refractivity contribution in [1.82, 2.24) is 20.1 Å². The Morgan fingerprint density at radius 2 is 1.85 bits per heavy atom. The summed E-state index contributed by atoms with van der Waals surface area (Å²) >= 11 is 1.28. The number of hydrogen-bond donors (Lipinski definition) is 2. The van der Waals surface area contributed by atoms with Gasteiger partial charge in [0.2, 0.25) is 5.91 Å². The minimum atomic E-state index is -0.323. The predicted octanol–water partition coefficient (Wildman–Crippen LogP) is 3.99. The molecular formula is C24H29N5O3S. The third kappa shape index (κ3) is 6.35. The van der Waals surface area contributed by atoms with E-state index in [1.54, 1.807) is 31.4 Å². The van der Waals surface area contributed by atoms with E-state index in [1.807, 2.05) is 56.7 Å². The van der Waals surface area contributed by atoms with Gasteiger partial charge in [-0.25, -0.2) is 0 Å². The molecule has 0 spiro atoms. The fourth-order valence-electron chi connectivity index (χ4n) is 3.21. The number of carbonyl (C=O) groups excluding carboxylic acids is 2. The molecular weight excluding hydrogens is 438 g/mol. The standard InChI is InChI=1S/C24H29N5O3S/c1-15(2)21(26-23(31)17-11-9-16(3)10-12-17)22-27-28-24(29(22)4)33-14-20(30)25-18-7-6-8-19(13-18)32-5/h6-13,15,21H,14H2,1-5H3,(H,25,30)(H,26,31)/t21-/m1/s1. The van der Waals surface area contributed by atoms with Gasteiger partial charge in [-0.1, -0.05) is 49.4 Å². The molecule has 0 bridgehead atoms. The van der Waals surface area contributed by atoms with Crippen LogP contribution < -0.4 is 15.4 Å². The van der Waals surface area contributed by atoms with Crippen LogP contribution in [-0.2, 0) is 11.8 Å². The highest BCUT2D eigenvalue weighted by molar-refractivity contribution is 7.99. The second-order valence-electron chi connectivity index (χ2n) is 8.03. The summed E-state index contributed by atoms with van der Waals surface area (Å²) in [5, 5.41) is 15.1. The van der Waals surface area contributed by atoms with E-state index in [0.717, 1.165) is 5.56 Å². The Balaban J connectivity index is 1.65. The number of carbonyl (C=O) groups is 2. The number of aromatic nitrogens is 3. The smallest absolute Gasteiger partial charge is 0.251 e. The number of ether oxygens (including phenoxy) is 1. The van der Waals surface area contributed by atoms with Gasteiger partial charge in [-0.2, -0.15) is 0 Å². The van der Waals surface area contributed by atoms with Crippen molar-refractivity contribution < 1.29 is 14.3 Å². The number of nitrogens with zero attached hydrogens (tertiary/aromatic N) is 3. The Hall–Kier alpha value is -3.33. The van der Waals surface area contributed by atoms with Crippen LogP contribution in [0.2, 0.25) is 0 Å². The molecule has 2 aromatic carbocycles. The number of anilines is 1. The van der Waals surface area contributed by atoms with Gasteiger partial charge in [0.15, 0.2) is 11.0 Å². The Bertz CT molecular complexity index is 1110. The van der Waals surface area contributed by atoms with E-state index < -0.39 is 0 Å². The van der Waals surface area contributed by atoms with Gasteiger partial charge in [0.05, 0.1) is 18.9 Å². The quantitative estimate of drug-likeness (QED) is 0.462. The molecule has 0 radical (unpaired) electrons. The van der Waals surface area contributed by atoms with Crippen molar-refractivity contribution in [2.24, 2.45) is 13.0 Å². The topological polar surface area (TPSA) is 98.1 Å². The van der Waals surface area contributed by atoms with Gasteiger partial charge in [-0.05, 0) is 37.1 Å². The van der Waals surface area contributed by atoms with E-state index in [-0.39, 0.29) is 29.5 Å². The third-order valence-electron chi connectivity index (χ3n) is 5.10. The van der Waals surface area contributed by atoms with Crippen LogP contribution in [0.1, 0.15) is 41.6 Å². The molecule has 0 saturated carbocycles. The molecule has 174 valence electrons. The van der Waals surface area contributed by atoms with Crippen LogP contribution in [-0.4, -0.2) is 39.4 Å². The molecule has 2 N–H and O–H groups in total. The average molecular weight is 468 g/mol. The minimum absolute atomic E-state index is 0.0940. The van der Waals surface area contributed by atoms with Crippen molar-refractivity contribution in [1.29, 1.82) is 0 Å². The van der Waals surface area contributed by atoms with Gasteiger partial charge in [-0.15, -0.1) is 10.2 Å². The Kier molecular flexibility index (Phi) is 8.11. The molecule has 8 nitrogen and oxygen atoms in total. The van der Waals surface area contributed by atoms with Crippen molar-refractivity contribution in [3.05, 3.63) is 65.5 Å². The Morgan fingerprint density at radius 1 is 1.12 bits per heavy atom. The number of thioether (sulfide) groups is 1. The van der Waals surface area contributed by atoms with Gasteiger partial charge in [-0.3, -0.25) is 9.59 Å². The van der Waals surface area contributed by atoms with Crippen LogP contribution in [0.25, 0.3) is 0 Å². The lowest BCUT2D eigenvalue weighted by molar-refractivity contribution is -0.113. The van der Waals surface area contributed by atoms with Gasteiger partial charge in [0.25, 0.3) is 5.91 Å². The molecule has 3 rings (SSSR count). The minimum Gasteiger partial charge on any atom is -0.497 e. The maximum atomic E-state index is 12.8. The first-order valence-electron chi connectivity index (χ1n) is 10.6. The third-order valence-corrected chi connectivity index (χ3v) is 6.12. The van der Waals surface area contributed by atoms with Crippen LogP contribution in [0.15, 0.2) is 53.7 Å². The molecule has 1 heterocycles.